The summed E-state index contributed by atoms with van der Waals surface area (Å²) in [7, 11) is 0. The maximum atomic E-state index is 10.3. The summed E-state index contributed by atoms with van der Waals surface area (Å²) in [4.78, 5) is 10.3. The van der Waals surface area contributed by atoms with Gasteiger partial charge in [-0.25, -0.2) is 0 Å². The van der Waals surface area contributed by atoms with Crippen LogP contribution in [0.3, 0.4) is 0 Å². The molecule has 4 heteroatoms. The summed E-state index contributed by atoms with van der Waals surface area (Å²) >= 11 is 0. The van der Waals surface area contributed by atoms with E-state index in [9.17, 15) is 4.79 Å². The van der Waals surface area contributed by atoms with Crippen LogP contribution in [-0.4, -0.2) is 24.2 Å². The van der Waals surface area contributed by atoms with Crippen LogP contribution in [0.15, 0.2) is 24.3 Å². The molecule has 4 nitrogen and oxygen atoms in total. The van der Waals surface area contributed by atoms with Crippen molar-refractivity contribution < 1.29 is 9.90 Å². The molecule has 0 amide bonds. The van der Waals surface area contributed by atoms with Gasteiger partial charge < -0.3 is 15.7 Å². The zero-order chi connectivity index (χ0) is 10.4. The van der Waals surface area contributed by atoms with Crippen LogP contribution in [0, 0.1) is 0 Å². The summed E-state index contributed by atoms with van der Waals surface area (Å²) in [6.45, 7) is 2.85. The monoisotopic (exact) mass is 194 g/mol. The molecule has 0 saturated carbocycles. The van der Waals surface area contributed by atoms with Crippen LogP contribution in [-0.2, 0) is 4.79 Å². The van der Waals surface area contributed by atoms with Gasteiger partial charge in [0.15, 0.2) is 0 Å². The number of aliphatic carboxylic acids is 1. The molecule has 0 aromatic heterocycles. The third kappa shape index (κ3) is 3.35. The van der Waals surface area contributed by atoms with Gasteiger partial charge in [0.05, 0.1) is 0 Å². The van der Waals surface area contributed by atoms with Crippen molar-refractivity contribution in [3.63, 3.8) is 0 Å². The second-order valence-corrected chi connectivity index (χ2v) is 2.85. The van der Waals surface area contributed by atoms with Crippen molar-refractivity contribution in [2.45, 2.75) is 6.92 Å². The molecule has 14 heavy (non-hydrogen) atoms. The first-order chi connectivity index (χ1) is 6.72. The minimum absolute atomic E-state index is 0.0550. The number of carbonyl (C=O) groups is 1. The molecule has 0 aliphatic heterocycles. The van der Waals surface area contributed by atoms with E-state index >= 15 is 0 Å². The Morgan fingerprint density at radius 1 is 1.21 bits per heavy atom. The van der Waals surface area contributed by atoms with Crippen molar-refractivity contribution in [1.82, 2.24) is 0 Å². The number of hydrogen-bond donors (Lipinski definition) is 3. The van der Waals surface area contributed by atoms with E-state index < -0.39 is 5.97 Å². The van der Waals surface area contributed by atoms with Gasteiger partial charge in [0.1, 0.15) is 6.54 Å². The number of nitrogens with one attached hydrogen (secondary N) is 2. The average molecular weight is 194 g/mol. The number of anilines is 2. The third-order valence-corrected chi connectivity index (χ3v) is 1.71. The van der Waals surface area contributed by atoms with Gasteiger partial charge in [-0.05, 0) is 31.2 Å². The molecule has 0 heterocycles. The molecule has 0 radical (unpaired) electrons. The Hall–Kier alpha value is -1.71. The fourth-order valence-electron chi connectivity index (χ4n) is 1.09. The van der Waals surface area contributed by atoms with Crippen molar-refractivity contribution in [3.8, 4) is 0 Å². The maximum absolute atomic E-state index is 10.3. The zero-order valence-electron chi connectivity index (χ0n) is 8.08. The lowest BCUT2D eigenvalue weighted by Gasteiger charge is -2.05. The van der Waals surface area contributed by atoms with E-state index in [1.165, 1.54) is 0 Å². The largest absolute Gasteiger partial charge is 0.480 e. The van der Waals surface area contributed by atoms with Gasteiger partial charge in [-0.3, -0.25) is 4.79 Å². The fraction of sp³-hybridized carbons (Fsp3) is 0.300. The van der Waals surface area contributed by atoms with Crippen molar-refractivity contribution >= 4 is 17.3 Å². The molecule has 0 atom stereocenters. The van der Waals surface area contributed by atoms with Gasteiger partial charge in [0.2, 0.25) is 0 Å². The van der Waals surface area contributed by atoms with Crippen molar-refractivity contribution in [2.75, 3.05) is 23.7 Å². The second kappa shape index (κ2) is 5.11. The highest BCUT2D eigenvalue weighted by atomic mass is 16.4. The highest BCUT2D eigenvalue weighted by Crippen LogP contribution is 2.12. The molecular formula is C10H14N2O2. The second-order valence-electron chi connectivity index (χ2n) is 2.85. The Bertz CT molecular complexity index is 295. The van der Waals surface area contributed by atoms with Crippen LogP contribution in [0.5, 0.6) is 0 Å². The molecule has 1 aromatic rings. The van der Waals surface area contributed by atoms with E-state index in [2.05, 4.69) is 10.6 Å². The molecule has 76 valence electrons. The minimum Gasteiger partial charge on any atom is -0.480 e. The van der Waals surface area contributed by atoms with E-state index in [1.807, 2.05) is 31.2 Å². The van der Waals surface area contributed by atoms with E-state index in [1.54, 1.807) is 0 Å². The van der Waals surface area contributed by atoms with Gasteiger partial charge in [0, 0.05) is 17.9 Å². The number of carboxylic acids is 1. The molecule has 3 N–H and O–H groups in total. The molecule has 0 fully saturated rings. The molecule has 1 rings (SSSR count). The zero-order valence-corrected chi connectivity index (χ0v) is 8.08. The van der Waals surface area contributed by atoms with E-state index in [-0.39, 0.29) is 6.54 Å². The van der Waals surface area contributed by atoms with Gasteiger partial charge in [-0.15, -0.1) is 0 Å². The predicted molar refractivity (Wildman–Crippen MR) is 56.7 cm³/mol. The summed E-state index contributed by atoms with van der Waals surface area (Å²) in [6.07, 6.45) is 0. The van der Waals surface area contributed by atoms with Crippen LogP contribution in [0.4, 0.5) is 11.4 Å². The molecule has 0 saturated heterocycles. The normalized spacial score (nSPS) is 9.50. The van der Waals surface area contributed by atoms with Crippen LogP contribution in [0.2, 0.25) is 0 Å². The van der Waals surface area contributed by atoms with Crippen molar-refractivity contribution in [2.24, 2.45) is 0 Å². The lowest BCUT2D eigenvalue weighted by molar-refractivity contribution is -0.134. The number of carboxylic acid groups (broad SMARTS) is 1. The Morgan fingerprint density at radius 2 is 1.71 bits per heavy atom. The van der Waals surface area contributed by atoms with E-state index in [4.69, 9.17) is 5.11 Å². The Kier molecular flexibility index (Phi) is 3.79. The van der Waals surface area contributed by atoms with Crippen molar-refractivity contribution in [1.29, 1.82) is 0 Å². The van der Waals surface area contributed by atoms with E-state index in [0.29, 0.717) is 0 Å². The summed E-state index contributed by atoms with van der Waals surface area (Å²) in [6, 6.07) is 7.52. The summed E-state index contributed by atoms with van der Waals surface area (Å²) in [5.74, 6) is -0.860. The molecule has 1 aromatic carbocycles. The van der Waals surface area contributed by atoms with Crippen LogP contribution < -0.4 is 10.6 Å². The summed E-state index contributed by atoms with van der Waals surface area (Å²) < 4.78 is 0. The van der Waals surface area contributed by atoms with Gasteiger partial charge in [0.25, 0.3) is 0 Å². The first kappa shape index (κ1) is 10.4. The average Bonchev–Trinajstić information content (AvgIpc) is 2.17. The quantitative estimate of drug-likeness (QED) is 0.666. The lowest BCUT2D eigenvalue weighted by atomic mass is 10.3. The Morgan fingerprint density at radius 3 is 2.14 bits per heavy atom. The molecule has 0 aliphatic rings. The van der Waals surface area contributed by atoms with Crippen LogP contribution >= 0.6 is 0 Å². The van der Waals surface area contributed by atoms with Crippen molar-refractivity contribution in [3.05, 3.63) is 24.3 Å². The van der Waals surface area contributed by atoms with Gasteiger partial charge in [-0.2, -0.15) is 0 Å². The predicted octanol–water partition coefficient (Wildman–Crippen LogP) is 1.61. The SMILES string of the molecule is CCNc1ccc(NCC(=O)O)cc1. The standard InChI is InChI=1S/C10H14N2O2/c1-2-11-8-3-5-9(6-4-8)12-7-10(13)14/h3-6,11-12H,2,7H2,1H3,(H,13,14). The van der Waals surface area contributed by atoms with Gasteiger partial charge in [-0.1, -0.05) is 0 Å². The molecule has 0 unspecified atom stereocenters. The Labute approximate surface area is 82.9 Å². The molecule has 0 bridgehead atoms. The number of rotatable bonds is 5. The minimum atomic E-state index is -0.860. The summed E-state index contributed by atoms with van der Waals surface area (Å²) in [5, 5.41) is 14.4. The number of benzene rings is 1. The Balaban J connectivity index is 2.50. The molecule has 0 aliphatic carbocycles. The molecule has 0 spiro atoms. The number of hydrogen-bond acceptors (Lipinski definition) is 3. The maximum Gasteiger partial charge on any atom is 0.322 e. The highest BCUT2D eigenvalue weighted by molar-refractivity contribution is 5.72. The smallest absolute Gasteiger partial charge is 0.322 e. The highest BCUT2D eigenvalue weighted by Gasteiger charge is 1.96. The fourth-order valence-corrected chi connectivity index (χ4v) is 1.09. The van der Waals surface area contributed by atoms with E-state index in [0.717, 1.165) is 17.9 Å². The first-order valence-electron chi connectivity index (χ1n) is 4.52. The summed E-state index contributed by atoms with van der Waals surface area (Å²) in [5.41, 5.74) is 1.85. The topological polar surface area (TPSA) is 61.4 Å². The van der Waals surface area contributed by atoms with Crippen LogP contribution in [0.1, 0.15) is 6.92 Å². The van der Waals surface area contributed by atoms with Gasteiger partial charge >= 0.3 is 5.97 Å². The molecular weight excluding hydrogens is 180 g/mol. The van der Waals surface area contributed by atoms with Crippen LogP contribution in [0.25, 0.3) is 0 Å². The third-order valence-electron chi connectivity index (χ3n) is 1.71. The lowest BCUT2D eigenvalue weighted by Crippen LogP contribution is -2.12. The first-order valence-corrected chi connectivity index (χ1v) is 4.52.